The molecule has 0 fully saturated rings. The highest BCUT2D eigenvalue weighted by molar-refractivity contribution is 5.33. The molecule has 0 saturated heterocycles. The van der Waals surface area contributed by atoms with Crippen LogP contribution in [0.2, 0.25) is 0 Å². The van der Waals surface area contributed by atoms with E-state index >= 15 is 0 Å². The van der Waals surface area contributed by atoms with Crippen LogP contribution in [-0.4, -0.2) is 0 Å². The van der Waals surface area contributed by atoms with Crippen LogP contribution in [0, 0.1) is 6.92 Å². The van der Waals surface area contributed by atoms with Crippen molar-refractivity contribution in [2.45, 2.75) is 13.1 Å². The maximum atomic E-state index is 12.0. The molecule has 0 aromatic heterocycles. The molecule has 12 heavy (non-hydrogen) atoms. The minimum Gasteiger partial charge on any atom is -0.290 e. The SMILES string of the molecule is Cc1cc([O])cc(C(F)(F)F)c1. The van der Waals surface area contributed by atoms with Gasteiger partial charge in [-0.3, -0.25) is 5.11 Å². The van der Waals surface area contributed by atoms with Gasteiger partial charge in [0.25, 0.3) is 0 Å². The number of hydrogen-bond donors (Lipinski definition) is 0. The molecule has 0 aliphatic rings. The van der Waals surface area contributed by atoms with E-state index in [0.29, 0.717) is 11.6 Å². The molecule has 0 spiro atoms. The Bertz CT molecular complexity index is 271. The fourth-order valence-electron chi connectivity index (χ4n) is 0.912. The van der Waals surface area contributed by atoms with Crippen LogP contribution in [0.3, 0.4) is 0 Å². The average Bonchev–Trinajstić information content (AvgIpc) is 1.82. The first-order valence-corrected chi connectivity index (χ1v) is 3.25. The molecule has 0 N–H and O–H groups in total. The van der Waals surface area contributed by atoms with Gasteiger partial charge in [0, 0.05) is 0 Å². The number of halogens is 3. The van der Waals surface area contributed by atoms with Crippen LogP contribution in [-0.2, 0) is 11.3 Å². The summed E-state index contributed by atoms with van der Waals surface area (Å²) < 4.78 is 36.0. The first kappa shape index (κ1) is 8.90. The maximum absolute atomic E-state index is 12.0. The molecule has 1 radical (unpaired) electrons. The summed E-state index contributed by atoms with van der Waals surface area (Å²) in [6.45, 7) is 1.46. The molecule has 0 aliphatic heterocycles. The summed E-state index contributed by atoms with van der Waals surface area (Å²) in [5.74, 6) is -0.609. The zero-order chi connectivity index (χ0) is 9.35. The van der Waals surface area contributed by atoms with Crippen molar-refractivity contribution in [1.82, 2.24) is 0 Å². The van der Waals surface area contributed by atoms with E-state index in [-0.39, 0.29) is 0 Å². The molecule has 65 valence electrons. The van der Waals surface area contributed by atoms with Crippen LogP contribution in [0.25, 0.3) is 0 Å². The summed E-state index contributed by atoms with van der Waals surface area (Å²) in [4.78, 5) is 0. The summed E-state index contributed by atoms with van der Waals surface area (Å²) in [5, 5.41) is 10.7. The lowest BCUT2D eigenvalue weighted by molar-refractivity contribution is -0.137. The van der Waals surface area contributed by atoms with E-state index in [9.17, 15) is 18.3 Å². The fraction of sp³-hybridized carbons (Fsp3) is 0.250. The molecular weight excluding hydrogens is 169 g/mol. The summed E-state index contributed by atoms with van der Waals surface area (Å²) in [7, 11) is 0. The van der Waals surface area contributed by atoms with E-state index < -0.39 is 17.5 Å². The van der Waals surface area contributed by atoms with Crippen molar-refractivity contribution in [3.05, 3.63) is 29.3 Å². The first-order valence-electron chi connectivity index (χ1n) is 3.25. The molecule has 0 saturated carbocycles. The summed E-state index contributed by atoms with van der Waals surface area (Å²) in [6.07, 6.45) is -4.43. The van der Waals surface area contributed by atoms with E-state index in [2.05, 4.69) is 0 Å². The lowest BCUT2D eigenvalue weighted by Gasteiger charge is -2.06. The second kappa shape index (κ2) is 2.69. The molecule has 1 aromatic carbocycles. The molecule has 0 bridgehead atoms. The topological polar surface area (TPSA) is 19.9 Å². The van der Waals surface area contributed by atoms with Crippen LogP contribution in [0.1, 0.15) is 11.1 Å². The van der Waals surface area contributed by atoms with Gasteiger partial charge in [-0.2, -0.15) is 13.2 Å². The van der Waals surface area contributed by atoms with Crippen molar-refractivity contribution in [2.75, 3.05) is 0 Å². The molecule has 0 amide bonds. The number of rotatable bonds is 0. The van der Waals surface area contributed by atoms with Gasteiger partial charge in [0.2, 0.25) is 0 Å². The average molecular weight is 175 g/mol. The van der Waals surface area contributed by atoms with Gasteiger partial charge in [-0.15, -0.1) is 0 Å². The second-order valence-electron chi connectivity index (χ2n) is 2.53. The Hall–Kier alpha value is -1.19. The van der Waals surface area contributed by atoms with Crippen molar-refractivity contribution in [2.24, 2.45) is 0 Å². The molecule has 4 heteroatoms. The van der Waals surface area contributed by atoms with E-state index in [1.54, 1.807) is 0 Å². The Balaban J connectivity index is 3.18. The smallest absolute Gasteiger partial charge is 0.290 e. The predicted molar refractivity (Wildman–Crippen MR) is 36.3 cm³/mol. The molecular formula is C8H6F3O. The van der Waals surface area contributed by atoms with Crippen LogP contribution < -0.4 is 0 Å². The second-order valence-corrected chi connectivity index (χ2v) is 2.53. The Morgan fingerprint density at radius 3 is 2.17 bits per heavy atom. The molecule has 1 rings (SSSR count). The van der Waals surface area contributed by atoms with Crippen molar-refractivity contribution in [1.29, 1.82) is 0 Å². The number of aryl methyl sites for hydroxylation is 1. The monoisotopic (exact) mass is 175 g/mol. The van der Waals surface area contributed by atoms with E-state index in [1.807, 2.05) is 0 Å². The zero-order valence-electron chi connectivity index (χ0n) is 6.27. The third-order valence-corrected chi connectivity index (χ3v) is 1.38. The zero-order valence-corrected chi connectivity index (χ0v) is 6.27. The van der Waals surface area contributed by atoms with Crippen molar-refractivity contribution < 1.29 is 18.3 Å². The van der Waals surface area contributed by atoms with Crippen LogP contribution in [0.4, 0.5) is 13.2 Å². The van der Waals surface area contributed by atoms with E-state index in [4.69, 9.17) is 0 Å². The first-order chi connectivity index (χ1) is 5.39. The van der Waals surface area contributed by atoms with Gasteiger partial charge in [0.1, 0.15) is 0 Å². The van der Waals surface area contributed by atoms with Crippen molar-refractivity contribution in [3.8, 4) is 5.75 Å². The van der Waals surface area contributed by atoms with Crippen LogP contribution >= 0.6 is 0 Å². The molecule has 0 unspecified atom stereocenters. The third-order valence-electron chi connectivity index (χ3n) is 1.38. The maximum Gasteiger partial charge on any atom is 0.416 e. The minimum absolute atomic E-state index is 0.329. The van der Waals surface area contributed by atoms with Gasteiger partial charge in [-0.05, 0) is 30.7 Å². The highest BCUT2D eigenvalue weighted by Crippen LogP contribution is 2.32. The van der Waals surface area contributed by atoms with E-state index in [0.717, 1.165) is 12.1 Å². The van der Waals surface area contributed by atoms with Gasteiger partial charge in [-0.25, -0.2) is 0 Å². The van der Waals surface area contributed by atoms with Gasteiger partial charge in [0.05, 0.1) is 5.56 Å². The van der Waals surface area contributed by atoms with E-state index in [1.165, 1.54) is 6.92 Å². The lowest BCUT2D eigenvalue weighted by Crippen LogP contribution is -2.04. The van der Waals surface area contributed by atoms with Crippen LogP contribution in [0.5, 0.6) is 5.75 Å². The summed E-state index contributed by atoms with van der Waals surface area (Å²) in [5.41, 5.74) is -0.553. The summed E-state index contributed by atoms with van der Waals surface area (Å²) in [6, 6.07) is 2.70. The summed E-state index contributed by atoms with van der Waals surface area (Å²) >= 11 is 0. The molecule has 1 nitrogen and oxygen atoms in total. The minimum atomic E-state index is -4.43. The quantitative estimate of drug-likeness (QED) is 0.577. The number of alkyl halides is 3. The largest absolute Gasteiger partial charge is 0.416 e. The Labute approximate surface area is 67.5 Å². The number of hydrogen-bond acceptors (Lipinski definition) is 0. The van der Waals surface area contributed by atoms with Gasteiger partial charge < -0.3 is 0 Å². The lowest BCUT2D eigenvalue weighted by atomic mass is 10.1. The Kier molecular flexibility index (Phi) is 2.00. The van der Waals surface area contributed by atoms with Crippen LogP contribution in [0.15, 0.2) is 18.2 Å². The Morgan fingerprint density at radius 1 is 1.17 bits per heavy atom. The highest BCUT2D eigenvalue weighted by atomic mass is 19.4. The predicted octanol–water partition coefficient (Wildman–Crippen LogP) is 3.16. The molecule has 1 aromatic rings. The molecule has 0 aliphatic carbocycles. The highest BCUT2D eigenvalue weighted by Gasteiger charge is 2.31. The van der Waals surface area contributed by atoms with Gasteiger partial charge in [0.15, 0.2) is 5.75 Å². The third kappa shape index (κ3) is 1.90. The van der Waals surface area contributed by atoms with Gasteiger partial charge in [-0.1, -0.05) is 0 Å². The normalized spacial score (nSPS) is 11.7. The van der Waals surface area contributed by atoms with Crippen molar-refractivity contribution in [3.63, 3.8) is 0 Å². The van der Waals surface area contributed by atoms with Crippen molar-refractivity contribution >= 4 is 0 Å². The number of benzene rings is 1. The molecule has 0 heterocycles. The Morgan fingerprint density at radius 2 is 1.75 bits per heavy atom. The standard InChI is InChI=1S/C8H6F3O/c1-5-2-6(8(9,10)11)4-7(12)3-5/h2-4H,1H3. The fourth-order valence-corrected chi connectivity index (χ4v) is 0.912. The van der Waals surface area contributed by atoms with Gasteiger partial charge >= 0.3 is 6.18 Å². The molecule has 0 atom stereocenters.